The third kappa shape index (κ3) is 5.42. The molecule has 0 atom stereocenters. The second kappa shape index (κ2) is 9.77. The highest BCUT2D eigenvalue weighted by atomic mass is 35.5. The number of rotatable bonds is 6. The lowest BCUT2D eigenvalue weighted by atomic mass is 10.1. The lowest BCUT2D eigenvalue weighted by Gasteiger charge is -2.34. The molecule has 0 bridgehead atoms. The highest BCUT2D eigenvalue weighted by Gasteiger charge is 2.24. The fourth-order valence-electron chi connectivity index (χ4n) is 3.46. The summed E-state index contributed by atoms with van der Waals surface area (Å²) in [6.45, 7) is 3.13. The maximum Gasteiger partial charge on any atom is 0.264 e. The van der Waals surface area contributed by atoms with Crippen LogP contribution in [-0.2, 0) is 13.2 Å². The van der Waals surface area contributed by atoms with Gasteiger partial charge in [0.1, 0.15) is 24.0 Å². The molecule has 1 aliphatic rings. The molecule has 4 nitrogen and oxygen atoms in total. The van der Waals surface area contributed by atoms with Crippen LogP contribution >= 0.6 is 22.9 Å². The molecule has 0 radical (unpaired) electrons. The lowest BCUT2D eigenvalue weighted by Crippen LogP contribution is -2.48. The van der Waals surface area contributed by atoms with Gasteiger partial charge in [-0.2, -0.15) is 0 Å². The van der Waals surface area contributed by atoms with Gasteiger partial charge in [-0.15, -0.1) is 11.3 Å². The number of hydrogen-bond donors (Lipinski definition) is 0. The van der Waals surface area contributed by atoms with Crippen molar-refractivity contribution in [1.82, 2.24) is 9.80 Å². The second-order valence-corrected chi connectivity index (χ2v) is 8.65. The Morgan fingerprint density at radius 1 is 1.06 bits per heavy atom. The Morgan fingerprint density at radius 2 is 1.84 bits per heavy atom. The molecule has 0 spiro atoms. The third-order valence-electron chi connectivity index (χ3n) is 5.17. The standard InChI is InChI=1S/C23H21ClF2N2O2S/c24-20-5-2-6-21(26)19(20)13-27-7-9-28(10-8-27)23(29)22-11-16(15-31-22)14-30-18-4-1-3-17(25)12-18/h1-6,11-12,15H,7-10,13-14H2. The van der Waals surface area contributed by atoms with Crippen LogP contribution in [0.1, 0.15) is 20.8 Å². The van der Waals surface area contributed by atoms with E-state index in [2.05, 4.69) is 4.90 Å². The molecule has 4 rings (SSSR count). The van der Waals surface area contributed by atoms with Crippen molar-refractivity contribution < 1.29 is 18.3 Å². The number of thiophene rings is 1. The minimum Gasteiger partial charge on any atom is -0.489 e. The van der Waals surface area contributed by atoms with Gasteiger partial charge in [-0.3, -0.25) is 9.69 Å². The maximum atomic E-state index is 14.0. The van der Waals surface area contributed by atoms with Crippen molar-refractivity contribution >= 4 is 28.8 Å². The van der Waals surface area contributed by atoms with E-state index in [-0.39, 0.29) is 24.1 Å². The number of benzene rings is 2. The molecule has 1 fully saturated rings. The Morgan fingerprint density at radius 3 is 2.58 bits per heavy atom. The lowest BCUT2D eigenvalue weighted by molar-refractivity contribution is 0.0631. The molecule has 3 aromatic rings. The summed E-state index contributed by atoms with van der Waals surface area (Å²) < 4.78 is 32.9. The van der Waals surface area contributed by atoms with Gasteiger partial charge in [0.2, 0.25) is 0 Å². The van der Waals surface area contributed by atoms with E-state index in [1.165, 1.54) is 29.5 Å². The molecule has 8 heteroatoms. The maximum absolute atomic E-state index is 14.0. The predicted molar refractivity (Wildman–Crippen MR) is 118 cm³/mol. The van der Waals surface area contributed by atoms with E-state index in [4.69, 9.17) is 16.3 Å². The first kappa shape index (κ1) is 21.7. The topological polar surface area (TPSA) is 32.8 Å². The molecular formula is C23H21ClF2N2O2S. The minimum atomic E-state index is -0.352. The van der Waals surface area contributed by atoms with Crippen molar-refractivity contribution in [3.63, 3.8) is 0 Å². The van der Waals surface area contributed by atoms with Crippen LogP contribution in [0.5, 0.6) is 5.75 Å². The van der Waals surface area contributed by atoms with Crippen LogP contribution in [0.4, 0.5) is 8.78 Å². The summed E-state index contributed by atoms with van der Waals surface area (Å²) in [5.74, 6) is -0.233. The van der Waals surface area contributed by atoms with E-state index in [0.717, 1.165) is 5.56 Å². The summed E-state index contributed by atoms with van der Waals surface area (Å²) in [7, 11) is 0. The normalized spacial score (nSPS) is 14.6. The van der Waals surface area contributed by atoms with Crippen LogP contribution in [0, 0.1) is 11.6 Å². The van der Waals surface area contributed by atoms with Crippen molar-refractivity contribution in [2.75, 3.05) is 26.2 Å². The quantitative estimate of drug-likeness (QED) is 0.503. The van der Waals surface area contributed by atoms with Crippen LogP contribution in [0.2, 0.25) is 5.02 Å². The van der Waals surface area contributed by atoms with Gasteiger partial charge in [0.15, 0.2) is 0 Å². The summed E-state index contributed by atoms with van der Waals surface area (Å²) in [5.41, 5.74) is 1.36. The van der Waals surface area contributed by atoms with Crippen molar-refractivity contribution in [2.24, 2.45) is 0 Å². The van der Waals surface area contributed by atoms with E-state index < -0.39 is 0 Å². The zero-order valence-electron chi connectivity index (χ0n) is 16.7. The first-order valence-electron chi connectivity index (χ1n) is 9.90. The van der Waals surface area contributed by atoms with Crippen molar-refractivity contribution in [3.05, 3.63) is 86.6 Å². The highest BCUT2D eigenvalue weighted by Crippen LogP contribution is 2.23. The summed E-state index contributed by atoms with van der Waals surface area (Å²) in [4.78, 5) is 17.4. The Bertz CT molecular complexity index is 1050. The number of amides is 1. The van der Waals surface area contributed by atoms with Crippen molar-refractivity contribution in [2.45, 2.75) is 13.2 Å². The number of halogens is 3. The molecule has 162 valence electrons. The van der Waals surface area contributed by atoms with Crippen LogP contribution < -0.4 is 4.74 Å². The smallest absolute Gasteiger partial charge is 0.264 e. The zero-order valence-corrected chi connectivity index (χ0v) is 18.3. The van der Waals surface area contributed by atoms with Crippen LogP contribution in [0.25, 0.3) is 0 Å². The Kier molecular flexibility index (Phi) is 6.85. The van der Waals surface area contributed by atoms with Gasteiger partial charge in [0.05, 0.1) is 4.88 Å². The fourth-order valence-corrected chi connectivity index (χ4v) is 4.55. The van der Waals surface area contributed by atoms with E-state index in [0.29, 0.717) is 53.9 Å². The van der Waals surface area contributed by atoms with Crippen LogP contribution in [0.3, 0.4) is 0 Å². The molecule has 1 aromatic heterocycles. The van der Waals surface area contributed by atoms with Gasteiger partial charge < -0.3 is 9.64 Å². The number of carbonyl (C=O) groups excluding carboxylic acids is 1. The summed E-state index contributed by atoms with van der Waals surface area (Å²) in [6.07, 6.45) is 0. The van der Waals surface area contributed by atoms with Crippen molar-refractivity contribution in [1.29, 1.82) is 0 Å². The van der Waals surface area contributed by atoms with Gasteiger partial charge >= 0.3 is 0 Å². The van der Waals surface area contributed by atoms with E-state index in [9.17, 15) is 13.6 Å². The molecule has 1 saturated heterocycles. The number of piperazine rings is 1. The van der Waals surface area contributed by atoms with Gasteiger partial charge in [-0.1, -0.05) is 23.7 Å². The SMILES string of the molecule is O=C(c1cc(COc2cccc(F)c2)cs1)N1CCN(Cc2c(F)cccc2Cl)CC1. The first-order chi connectivity index (χ1) is 15.0. The molecule has 2 aromatic carbocycles. The largest absolute Gasteiger partial charge is 0.489 e. The monoisotopic (exact) mass is 462 g/mol. The molecule has 31 heavy (non-hydrogen) atoms. The number of nitrogens with zero attached hydrogens (tertiary/aromatic N) is 2. The molecule has 2 heterocycles. The van der Waals surface area contributed by atoms with Crippen LogP contribution in [0.15, 0.2) is 53.9 Å². The second-order valence-electron chi connectivity index (χ2n) is 7.33. The average molecular weight is 463 g/mol. The molecule has 0 aliphatic carbocycles. The van der Waals surface area contributed by atoms with Gasteiger partial charge in [0, 0.05) is 54.9 Å². The zero-order chi connectivity index (χ0) is 21.8. The number of hydrogen-bond acceptors (Lipinski definition) is 4. The van der Waals surface area contributed by atoms with E-state index >= 15 is 0 Å². The number of ether oxygens (including phenoxy) is 1. The summed E-state index contributed by atoms with van der Waals surface area (Å²) >= 11 is 7.50. The summed E-state index contributed by atoms with van der Waals surface area (Å²) in [5, 5.41) is 2.30. The van der Waals surface area contributed by atoms with Gasteiger partial charge in [0.25, 0.3) is 5.91 Å². The Hall–Kier alpha value is -2.48. The molecule has 0 unspecified atom stereocenters. The summed E-state index contributed by atoms with van der Waals surface area (Å²) in [6, 6.07) is 12.5. The molecule has 0 N–H and O–H groups in total. The Labute approximate surface area is 188 Å². The van der Waals surface area contributed by atoms with Gasteiger partial charge in [-0.05, 0) is 35.7 Å². The molecule has 1 amide bonds. The predicted octanol–water partition coefficient (Wildman–Crippen LogP) is 5.22. The highest BCUT2D eigenvalue weighted by molar-refractivity contribution is 7.12. The van der Waals surface area contributed by atoms with E-state index in [1.54, 1.807) is 24.3 Å². The van der Waals surface area contributed by atoms with E-state index in [1.807, 2.05) is 16.3 Å². The number of carbonyl (C=O) groups is 1. The van der Waals surface area contributed by atoms with Crippen molar-refractivity contribution in [3.8, 4) is 5.75 Å². The third-order valence-corrected chi connectivity index (χ3v) is 6.49. The average Bonchev–Trinajstić information content (AvgIpc) is 3.24. The molecule has 0 saturated carbocycles. The van der Waals surface area contributed by atoms with Crippen LogP contribution in [-0.4, -0.2) is 41.9 Å². The first-order valence-corrected chi connectivity index (χ1v) is 11.2. The Balaban J connectivity index is 1.30. The van der Waals surface area contributed by atoms with Gasteiger partial charge in [-0.25, -0.2) is 8.78 Å². The molecule has 1 aliphatic heterocycles. The minimum absolute atomic E-state index is 0.0226. The molecular weight excluding hydrogens is 442 g/mol. The fraction of sp³-hybridized carbons (Fsp3) is 0.261.